The molecule has 5 heteroatoms. The number of rotatable bonds is 4. The number of nitrogens with zero attached hydrogens (tertiary/aromatic N) is 1. The van der Waals surface area contributed by atoms with Crippen molar-refractivity contribution < 1.29 is 4.39 Å². The number of aromatic amines is 1. The van der Waals surface area contributed by atoms with Crippen LogP contribution in [0, 0.1) is 5.82 Å². The molecule has 2 rings (SSSR count). The maximum atomic E-state index is 13.1. The maximum Gasteiger partial charge on any atom is 0.123 e. The van der Waals surface area contributed by atoms with Gasteiger partial charge in [-0.15, -0.1) is 0 Å². The van der Waals surface area contributed by atoms with Gasteiger partial charge in [-0.05, 0) is 36.8 Å². The van der Waals surface area contributed by atoms with Crippen molar-refractivity contribution in [2.75, 3.05) is 0 Å². The van der Waals surface area contributed by atoms with Crippen molar-refractivity contribution in [3.05, 3.63) is 52.0 Å². The van der Waals surface area contributed by atoms with Gasteiger partial charge in [0.1, 0.15) is 5.82 Å². The molecule has 1 unspecified atom stereocenters. The molecular formula is C12H13BrFN3. The van der Waals surface area contributed by atoms with Gasteiger partial charge in [-0.3, -0.25) is 5.10 Å². The number of nitrogens with one attached hydrogen (secondary N) is 2. The lowest BCUT2D eigenvalue weighted by atomic mass is 10.2. The van der Waals surface area contributed by atoms with E-state index >= 15 is 0 Å². The second-order valence-corrected chi connectivity index (χ2v) is 4.70. The number of H-pyrrole nitrogens is 1. The zero-order valence-corrected chi connectivity index (χ0v) is 11.0. The van der Waals surface area contributed by atoms with E-state index in [9.17, 15) is 4.39 Å². The van der Waals surface area contributed by atoms with Crippen molar-refractivity contribution in [3.63, 3.8) is 0 Å². The Morgan fingerprint density at radius 2 is 2.29 bits per heavy atom. The molecule has 0 amide bonds. The summed E-state index contributed by atoms with van der Waals surface area (Å²) in [7, 11) is 0. The first-order valence-electron chi connectivity index (χ1n) is 5.33. The SMILES string of the molecule is CC(NCc1cc(F)ccc1Br)c1ccn[nH]1. The molecule has 1 atom stereocenters. The zero-order valence-electron chi connectivity index (χ0n) is 9.37. The first-order chi connectivity index (χ1) is 8.16. The van der Waals surface area contributed by atoms with E-state index in [2.05, 4.69) is 31.4 Å². The smallest absolute Gasteiger partial charge is 0.123 e. The molecule has 0 radical (unpaired) electrons. The largest absolute Gasteiger partial charge is 0.305 e. The highest BCUT2D eigenvalue weighted by Gasteiger charge is 2.07. The summed E-state index contributed by atoms with van der Waals surface area (Å²) < 4.78 is 14.0. The minimum Gasteiger partial charge on any atom is -0.305 e. The zero-order chi connectivity index (χ0) is 12.3. The Balaban J connectivity index is 2.00. The summed E-state index contributed by atoms with van der Waals surface area (Å²) in [6.07, 6.45) is 1.71. The normalized spacial score (nSPS) is 12.6. The average molecular weight is 298 g/mol. The van der Waals surface area contributed by atoms with Crippen LogP contribution in [0.25, 0.3) is 0 Å². The van der Waals surface area contributed by atoms with E-state index in [0.29, 0.717) is 6.54 Å². The second kappa shape index (κ2) is 5.42. The van der Waals surface area contributed by atoms with Crippen LogP contribution in [-0.4, -0.2) is 10.2 Å². The molecule has 17 heavy (non-hydrogen) atoms. The summed E-state index contributed by atoms with van der Waals surface area (Å²) in [6, 6.07) is 6.74. The van der Waals surface area contributed by atoms with Crippen LogP contribution in [0.3, 0.4) is 0 Å². The maximum absolute atomic E-state index is 13.1. The lowest BCUT2D eigenvalue weighted by molar-refractivity contribution is 0.555. The average Bonchev–Trinajstić information content (AvgIpc) is 2.83. The highest BCUT2D eigenvalue weighted by atomic mass is 79.9. The van der Waals surface area contributed by atoms with Gasteiger partial charge in [0, 0.05) is 23.3 Å². The van der Waals surface area contributed by atoms with Gasteiger partial charge >= 0.3 is 0 Å². The Kier molecular flexibility index (Phi) is 3.91. The van der Waals surface area contributed by atoms with Crippen LogP contribution in [0.5, 0.6) is 0 Å². The highest BCUT2D eigenvalue weighted by Crippen LogP contribution is 2.18. The van der Waals surface area contributed by atoms with Crippen LogP contribution in [0.2, 0.25) is 0 Å². The predicted molar refractivity (Wildman–Crippen MR) is 67.9 cm³/mol. The molecule has 90 valence electrons. The molecule has 1 heterocycles. The standard InChI is InChI=1S/C12H13BrFN3/c1-8(12-4-5-16-17-12)15-7-9-6-10(14)2-3-11(9)13/h2-6,8,15H,7H2,1H3,(H,16,17). The van der Waals surface area contributed by atoms with Gasteiger partial charge in [-0.25, -0.2) is 4.39 Å². The summed E-state index contributed by atoms with van der Waals surface area (Å²) >= 11 is 3.40. The summed E-state index contributed by atoms with van der Waals surface area (Å²) in [5, 5.41) is 10.1. The Labute approximate surface area is 108 Å². The van der Waals surface area contributed by atoms with Crippen molar-refractivity contribution in [3.8, 4) is 0 Å². The van der Waals surface area contributed by atoms with Crippen LogP contribution >= 0.6 is 15.9 Å². The number of hydrogen-bond acceptors (Lipinski definition) is 2. The van der Waals surface area contributed by atoms with Gasteiger partial charge in [0.15, 0.2) is 0 Å². The van der Waals surface area contributed by atoms with Gasteiger partial charge in [0.05, 0.1) is 5.69 Å². The quantitative estimate of drug-likeness (QED) is 0.910. The van der Waals surface area contributed by atoms with Gasteiger partial charge in [-0.2, -0.15) is 5.10 Å². The van der Waals surface area contributed by atoms with E-state index in [0.717, 1.165) is 15.7 Å². The van der Waals surface area contributed by atoms with Crippen LogP contribution < -0.4 is 5.32 Å². The number of aromatic nitrogens is 2. The third kappa shape index (κ3) is 3.14. The fourth-order valence-electron chi connectivity index (χ4n) is 1.56. The Morgan fingerprint density at radius 3 is 3.00 bits per heavy atom. The van der Waals surface area contributed by atoms with E-state index in [1.807, 2.05) is 13.0 Å². The van der Waals surface area contributed by atoms with Crippen molar-refractivity contribution in [1.29, 1.82) is 0 Å². The molecule has 2 N–H and O–H groups in total. The lowest BCUT2D eigenvalue weighted by Gasteiger charge is -2.12. The molecule has 0 spiro atoms. The topological polar surface area (TPSA) is 40.7 Å². The van der Waals surface area contributed by atoms with Crippen LogP contribution in [-0.2, 0) is 6.54 Å². The van der Waals surface area contributed by atoms with Crippen molar-refractivity contribution in [2.45, 2.75) is 19.5 Å². The molecule has 0 aliphatic carbocycles. The Bertz CT molecular complexity index is 485. The molecule has 0 fully saturated rings. The molecule has 3 nitrogen and oxygen atoms in total. The van der Waals surface area contributed by atoms with E-state index in [1.165, 1.54) is 12.1 Å². The fourth-order valence-corrected chi connectivity index (χ4v) is 1.95. The molecule has 0 aliphatic heterocycles. The fraction of sp³-hybridized carbons (Fsp3) is 0.250. The Morgan fingerprint density at radius 1 is 1.47 bits per heavy atom. The number of hydrogen-bond donors (Lipinski definition) is 2. The van der Waals surface area contributed by atoms with Gasteiger partial charge in [0.2, 0.25) is 0 Å². The van der Waals surface area contributed by atoms with Crippen molar-refractivity contribution in [2.24, 2.45) is 0 Å². The predicted octanol–water partition coefficient (Wildman–Crippen LogP) is 3.16. The van der Waals surface area contributed by atoms with Crippen molar-refractivity contribution >= 4 is 15.9 Å². The Hall–Kier alpha value is -1.20. The second-order valence-electron chi connectivity index (χ2n) is 3.85. The lowest BCUT2D eigenvalue weighted by Crippen LogP contribution is -2.18. The molecular weight excluding hydrogens is 285 g/mol. The molecule has 0 saturated carbocycles. The minimum atomic E-state index is -0.223. The summed E-state index contributed by atoms with van der Waals surface area (Å²) in [5.41, 5.74) is 1.91. The van der Waals surface area contributed by atoms with Gasteiger partial charge < -0.3 is 5.32 Å². The molecule has 1 aromatic heterocycles. The van der Waals surface area contributed by atoms with E-state index in [-0.39, 0.29) is 11.9 Å². The van der Waals surface area contributed by atoms with Crippen LogP contribution in [0.1, 0.15) is 24.2 Å². The van der Waals surface area contributed by atoms with Crippen LogP contribution in [0.15, 0.2) is 34.9 Å². The van der Waals surface area contributed by atoms with Gasteiger partial charge in [0.25, 0.3) is 0 Å². The molecule has 0 aliphatic rings. The summed E-state index contributed by atoms with van der Waals surface area (Å²) in [4.78, 5) is 0. The highest BCUT2D eigenvalue weighted by molar-refractivity contribution is 9.10. The summed E-state index contributed by atoms with van der Waals surface area (Å²) in [5.74, 6) is -0.223. The van der Waals surface area contributed by atoms with E-state index in [1.54, 1.807) is 12.3 Å². The number of halogens is 2. The molecule has 1 aromatic carbocycles. The monoisotopic (exact) mass is 297 g/mol. The van der Waals surface area contributed by atoms with Gasteiger partial charge in [-0.1, -0.05) is 15.9 Å². The van der Waals surface area contributed by atoms with Crippen LogP contribution in [0.4, 0.5) is 4.39 Å². The first kappa shape index (κ1) is 12.3. The molecule has 2 aromatic rings. The number of benzene rings is 1. The molecule has 0 bridgehead atoms. The first-order valence-corrected chi connectivity index (χ1v) is 6.12. The van der Waals surface area contributed by atoms with E-state index < -0.39 is 0 Å². The van der Waals surface area contributed by atoms with E-state index in [4.69, 9.17) is 0 Å². The minimum absolute atomic E-state index is 0.146. The third-order valence-electron chi connectivity index (χ3n) is 2.60. The third-order valence-corrected chi connectivity index (χ3v) is 3.37. The molecule has 0 saturated heterocycles. The van der Waals surface area contributed by atoms with Crippen molar-refractivity contribution in [1.82, 2.24) is 15.5 Å². The summed E-state index contributed by atoms with van der Waals surface area (Å²) in [6.45, 7) is 2.62.